The van der Waals surface area contributed by atoms with Gasteiger partial charge in [-0.15, -0.1) is 6.58 Å². The molecular weight excluding hydrogens is 756 g/mol. The second-order valence-corrected chi connectivity index (χ2v) is 21.8. The van der Waals surface area contributed by atoms with Crippen molar-refractivity contribution in [2.45, 2.75) is 75.0 Å². The quantitative estimate of drug-likeness (QED) is 0.0513. The Morgan fingerprint density at radius 2 is 1.75 bits per heavy atom. The number of carbonyl (C=O) groups excluding carboxylic acids is 1. The minimum absolute atomic E-state index is 0.0781. The molecule has 7 rings (SSSR count). The highest BCUT2D eigenvalue weighted by atomic mass is 35.5. The summed E-state index contributed by atoms with van der Waals surface area (Å²) in [6.45, 7) is 11.8. The minimum atomic E-state index is -2.90. The van der Waals surface area contributed by atoms with E-state index in [1.54, 1.807) is 12.1 Å². The molecule has 2 unspecified atom stereocenters. The monoisotopic (exact) mass is 808 g/mol. The Bertz CT molecular complexity index is 2070. The molecule has 5 atom stereocenters. The van der Waals surface area contributed by atoms with Gasteiger partial charge in [0.05, 0.1) is 25.5 Å². The Morgan fingerprint density at radius 3 is 2.33 bits per heavy atom. The first-order valence-corrected chi connectivity index (χ1v) is 22.2. The third-order valence-corrected chi connectivity index (χ3v) is 18.0. The Kier molecular flexibility index (Phi) is 11.5. The van der Waals surface area contributed by atoms with Crippen molar-refractivity contribution in [2.75, 3.05) is 38.3 Å². The first-order valence-electron chi connectivity index (χ1n) is 19.9. The molecular formula is C46H53ClN2O7Si. The van der Waals surface area contributed by atoms with Crippen molar-refractivity contribution in [3.05, 3.63) is 142 Å². The van der Waals surface area contributed by atoms with Crippen LogP contribution in [-0.2, 0) is 31.4 Å². The van der Waals surface area contributed by atoms with Gasteiger partial charge in [-0.25, -0.2) is 4.79 Å². The first-order chi connectivity index (χ1) is 27.2. The maximum Gasteiger partial charge on any atom is 0.349 e. The number of benzene rings is 4. The molecule has 0 aromatic heterocycles. The maximum absolute atomic E-state index is 13.0. The molecule has 300 valence electrons. The van der Waals surface area contributed by atoms with Gasteiger partial charge in [0, 0.05) is 34.0 Å². The summed E-state index contributed by atoms with van der Waals surface area (Å²) >= 11 is 6.51. The molecule has 0 bridgehead atoms. The molecule has 0 radical (unpaired) electrons. The summed E-state index contributed by atoms with van der Waals surface area (Å²) in [7, 11) is -1.79. The Morgan fingerprint density at radius 1 is 1.07 bits per heavy atom. The first kappa shape index (κ1) is 40.7. The molecule has 11 heteroatoms. The lowest BCUT2D eigenvalue weighted by atomic mass is 9.68. The largest absolute Gasteiger partial charge is 0.490 e. The van der Waals surface area contributed by atoms with Gasteiger partial charge in [-0.3, -0.25) is 10.1 Å². The number of aryl methyl sites for hydroxylation is 1. The second-order valence-electron chi connectivity index (χ2n) is 17.1. The van der Waals surface area contributed by atoms with Gasteiger partial charge in [0.1, 0.15) is 5.75 Å². The molecule has 57 heavy (non-hydrogen) atoms. The fourth-order valence-electron chi connectivity index (χ4n) is 9.74. The highest BCUT2D eigenvalue weighted by Crippen LogP contribution is 2.49. The van der Waals surface area contributed by atoms with E-state index in [9.17, 15) is 20.0 Å². The summed E-state index contributed by atoms with van der Waals surface area (Å²) in [4.78, 5) is 26.4. The molecule has 0 amide bonds. The lowest BCUT2D eigenvalue weighted by Crippen LogP contribution is -2.68. The molecule has 0 saturated heterocycles. The average molecular weight is 809 g/mol. The van der Waals surface area contributed by atoms with Gasteiger partial charge in [0.15, 0.2) is 0 Å². The summed E-state index contributed by atoms with van der Waals surface area (Å²) in [6, 6.07) is 32.4. The number of halogens is 1. The van der Waals surface area contributed by atoms with Crippen LogP contribution in [0.3, 0.4) is 0 Å². The van der Waals surface area contributed by atoms with E-state index in [0.29, 0.717) is 36.2 Å². The summed E-state index contributed by atoms with van der Waals surface area (Å²) in [5.41, 5.74) is 0.299. The van der Waals surface area contributed by atoms with Crippen molar-refractivity contribution < 1.29 is 28.7 Å². The summed E-state index contributed by atoms with van der Waals surface area (Å²) < 4.78 is 19.3. The zero-order chi connectivity index (χ0) is 40.6. The molecule has 4 aromatic rings. The highest BCUT2D eigenvalue weighted by Gasteiger charge is 2.54. The van der Waals surface area contributed by atoms with E-state index in [0.717, 1.165) is 39.2 Å². The SMILES string of the molecule is C=CC(O[Si](c1ccccc1)(c1ccccc1)C(C)(C)C)[C@@H]1CC[C@H]1CN1C[C@@]2(CCCc3cc(Cl)ccc32)COc2ccc(C(O)(C[N+](=O)[O-])C(=O)OC)cc21. The van der Waals surface area contributed by atoms with Crippen LogP contribution < -0.4 is 20.0 Å². The maximum atomic E-state index is 13.0. The average Bonchev–Trinajstić information content (AvgIpc) is 3.34. The molecule has 1 saturated carbocycles. The number of aliphatic hydroxyl groups is 1. The van der Waals surface area contributed by atoms with Crippen molar-refractivity contribution in [1.82, 2.24) is 0 Å². The van der Waals surface area contributed by atoms with E-state index in [1.807, 2.05) is 24.3 Å². The molecule has 9 nitrogen and oxygen atoms in total. The normalized spacial score (nSPS) is 22.1. The Hall–Kier alpha value is -4.48. The highest BCUT2D eigenvalue weighted by molar-refractivity contribution is 6.99. The van der Waals surface area contributed by atoms with Crippen molar-refractivity contribution in [1.29, 1.82) is 0 Å². The molecule has 1 spiro atoms. The van der Waals surface area contributed by atoms with Crippen LogP contribution in [0.4, 0.5) is 5.69 Å². The van der Waals surface area contributed by atoms with E-state index in [4.69, 9.17) is 25.5 Å². The third-order valence-electron chi connectivity index (χ3n) is 12.7. The van der Waals surface area contributed by atoms with Crippen molar-refractivity contribution in [3.63, 3.8) is 0 Å². The Labute approximate surface area is 341 Å². The van der Waals surface area contributed by atoms with E-state index >= 15 is 0 Å². The number of hydrogen-bond donors (Lipinski definition) is 1. The zero-order valence-electron chi connectivity index (χ0n) is 33.3. The van der Waals surface area contributed by atoms with Gasteiger partial charge in [0.2, 0.25) is 6.54 Å². The van der Waals surface area contributed by atoms with Gasteiger partial charge in [-0.05, 0) is 94.7 Å². The number of rotatable bonds is 12. The number of anilines is 1. The summed E-state index contributed by atoms with van der Waals surface area (Å²) in [5.74, 6) is -0.146. The summed E-state index contributed by atoms with van der Waals surface area (Å²) in [6.07, 6.45) is 6.48. The Balaban J connectivity index is 1.29. The van der Waals surface area contributed by atoms with Gasteiger partial charge in [0.25, 0.3) is 13.9 Å². The molecule has 3 aliphatic rings. The van der Waals surface area contributed by atoms with Gasteiger partial charge in [-0.1, -0.05) is 111 Å². The van der Waals surface area contributed by atoms with Crippen LogP contribution in [0.15, 0.2) is 110 Å². The molecule has 1 fully saturated rings. The van der Waals surface area contributed by atoms with E-state index in [-0.39, 0.29) is 34.0 Å². The molecule has 1 aliphatic heterocycles. The van der Waals surface area contributed by atoms with Crippen molar-refractivity contribution in [2.24, 2.45) is 11.8 Å². The summed E-state index contributed by atoms with van der Waals surface area (Å²) in [5, 5.41) is 26.3. The van der Waals surface area contributed by atoms with Crippen LogP contribution in [-0.4, -0.2) is 63.8 Å². The number of fused-ring (bicyclic) bond motifs is 3. The van der Waals surface area contributed by atoms with Gasteiger partial charge >= 0.3 is 5.97 Å². The minimum Gasteiger partial charge on any atom is -0.490 e. The molecule has 4 aromatic carbocycles. The lowest BCUT2D eigenvalue weighted by molar-refractivity contribution is -0.499. The number of hydrogen-bond acceptors (Lipinski definition) is 8. The topological polar surface area (TPSA) is 111 Å². The number of carbonyl (C=O) groups is 1. The number of methoxy groups -OCH3 is 1. The van der Waals surface area contributed by atoms with Gasteiger partial charge < -0.3 is 23.9 Å². The molecule has 1 heterocycles. The van der Waals surface area contributed by atoms with Crippen LogP contribution in [0.2, 0.25) is 10.1 Å². The second kappa shape index (κ2) is 16.0. The lowest BCUT2D eigenvalue weighted by Gasteiger charge is -2.50. The van der Waals surface area contributed by atoms with E-state index in [1.165, 1.54) is 27.6 Å². The fraction of sp³-hybridized carbons (Fsp3) is 0.413. The van der Waals surface area contributed by atoms with Crippen LogP contribution in [0.25, 0.3) is 0 Å². The number of nitrogens with zero attached hydrogens (tertiary/aromatic N) is 2. The van der Waals surface area contributed by atoms with Crippen molar-refractivity contribution >= 4 is 41.9 Å². The number of esters is 1. The van der Waals surface area contributed by atoms with Crippen LogP contribution >= 0.6 is 11.6 Å². The third kappa shape index (κ3) is 7.53. The molecule has 2 aliphatic carbocycles. The van der Waals surface area contributed by atoms with E-state index in [2.05, 4.69) is 92.9 Å². The number of nitro groups is 1. The smallest absolute Gasteiger partial charge is 0.349 e. The van der Waals surface area contributed by atoms with Crippen LogP contribution in [0.1, 0.15) is 63.1 Å². The van der Waals surface area contributed by atoms with Crippen LogP contribution in [0.5, 0.6) is 5.75 Å². The predicted molar refractivity (Wildman–Crippen MR) is 227 cm³/mol. The van der Waals surface area contributed by atoms with E-state index < -0.39 is 31.4 Å². The van der Waals surface area contributed by atoms with Crippen LogP contribution in [0, 0.1) is 22.0 Å². The standard InChI is InChI=1S/C46H53ClN2O7Si/c1-6-41(56-57(44(2,3)4,36-15-9-7-10-16-36)37-17-11-8-12-18-37)38-22-19-33(38)28-48-29-45(25-13-14-32-26-35(47)21-23-39(32)45)31-55-42-24-20-34(27-40(42)48)46(51,30-49(52)53)43(50)54-5/h6-12,15-18,20-21,23-24,26-27,33,38,41,51H,1,13-14,19,22,25,28-31H2,2-5H3/t33-,38+,41?,45-,46?/m0/s1. The van der Waals surface area contributed by atoms with Crippen molar-refractivity contribution in [3.8, 4) is 5.75 Å². The number of ether oxygens (including phenoxy) is 2. The zero-order valence-corrected chi connectivity index (χ0v) is 35.0. The van der Waals surface area contributed by atoms with Gasteiger partial charge in [-0.2, -0.15) is 0 Å². The predicted octanol–water partition coefficient (Wildman–Crippen LogP) is 7.61. The fourth-order valence-corrected chi connectivity index (χ4v) is 14.6. The molecule has 1 N–H and O–H groups in total.